The first kappa shape index (κ1) is 64.4. The summed E-state index contributed by atoms with van der Waals surface area (Å²) in [4.78, 5) is 2.39. The molecule has 17 aromatic carbocycles. The van der Waals surface area contributed by atoms with E-state index in [-0.39, 0.29) is 11.0 Å². The lowest BCUT2D eigenvalue weighted by Gasteiger charge is -2.28. The van der Waals surface area contributed by atoms with Gasteiger partial charge in [-0.1, -0.05) is 266 Å². The molecule has 0 aliphatic heterocycles. The summed E-state index contributed by atoms with van der Waals surface area (Å²) in [6, 6.07) is 112. The van der Waals surface area contributed by atoms with Crippen molar-refractivity contribution in [3.63, 3.8) is 0 Å². The zero-order valence-electron chi connectivity index (χ0n) is 56.9. The molecule has 0 N–H and O–H groups in total. The average Bonchev–Trinajstić information content (AvgIpc) is 1.59. The van der Waals surface area contributed by atoms with Gasteiger partial charge in [-0.15, -0.1) is 0 Å². The Hall–Kier alpha value is -12.5. The summed E-state index contributed by atoms with van der Waals surface area (Å²) in [5.41, 5.74) is 19.2. The number of rotatable bonds is 10. The number of hydrogen-bond donors (Lipinski definition) is 0. The summed E-state index contributed by atoms with van der Waals surface area (Å²) < 4.78 is 83.8. The first-order chi connectivity index (χ1) is 51.6. The minimum atomic E-state index is -5.76. The van der Waals surface area contributed by atoms with Crippen molar-refractivity contribution in [3.05, 3.63) is 337 Å². The molecule has 21 rings (SSSR count). The monoisotopic (exact) mass is 1470 g/mol. The number of halogens is 4. The number of fused-ring (bicyclic) bond motifs is 3. The summed E-state index contributed by atoms with van der Waals surface area (Å²) >= 11 is 3.50. The Kier molecular flexibility index (Phi) is 15.1. The predicted molar refractivity (Wildman–Crippen MR) is 430 cm³/mol. The molecule has 0 saturated carbocycles. The smallest absolute Gasteiger partial charge is 0.455 e. The summed E-state index contributed by atoms with van der Waals surface area (Å²) in [6.45, 7) is 4.69. The minimum absolute atomic E-state index is 0.0258. The highest BCUT2D eigenvalue weighted by atomic mass is 79.9. The van der Waals surface area contributed by atoms with E-state index in [4.69, 9.17) is 13.3 Å². The largest absolute Gasteiger partial charge is 0.534 e. The van der Waals surface area contributed by atoms with Crippen LogP contribution in [0.2, 0.25) is 0 Å². The first-order valence-corrected chi connectivity index (χ1v) is 37.0. The molecule has 0 spiro atoms. The minimum Gasteiger partial charge on any atom is -0.455 e. The number of hydrogen-bond acceptors (Lipinski definition) is 7. The third-order valence-electron chi connectivity index (χ3n) is 21.0. The molecule has 3 aromatic heterocycles. The van der Waals surface area contributed by atoms with Crippen molar-refractivity contribution in [2.24, 2.45) is 0 Å². The molecule has 0 radical (unpaired) electrons. The van der Waals surface area contributed by atoms with Crippen LogP contribution in [0.25, 0.3) is 165 Å². The fourth-order valence-electron chi connectivity index (χ4n) is 15.8. The molecule has 1 aliphatic rings. The molecular formula is C94H59BrF3NO6S. The van der Waals surface area contributed by atoms with E-state index in [0.29, 0.717) is 16.4 Å². The molecule has 510 valence electrons. The second kappa shape index (κ2) is 24.9. The second-order valence-corrected chi connectivity index (χ2v) is 29.9. The van der Waals surface area contributed by atoms with Crippen LogP contribution in [0, 0.1) is 0 Å². The Labute approximate surface area is 615 Å². The standard InChI is InChI=1S/C53H37NO.C26H15BrO.C15H7F3O4S/c1-53(2)47-13-7-6-12-45(47)46-32-30-43(33-48(46)53)54(41-26-21-36(22-27-41)34-9-4-3-5-10-34)42-28-23-37(24-29-42)35-15-17-38(18-16-35)44-31-25-40-20-19-39-11-8-14-49-50(39)51(40)52(44)55-49;27-21-13-10-17(11-14-21)16-4-6-18(7-5-16)22-15-12-20-9-8-19-2-1-3-23-24(19)25(20)26(22)28-23;16-15(17,18)23(19,20)22-11-7-6-9-5-4-8-2-1-3-10-12(8)13(9)14(11)21-10/h3-33H,1-2H3;1-15H;1-7H. The molecule has 106 heavy (non-hydrogen) atoms. The maximum atomic E-state index is 12.5. The van der Waals surface area contributed by atoms with Gasteiger partial charge in [0, 0.05) is 70.4 Å². The van der Waals surface area contributed by atoms with Gasteiger partial charge in [0.25, 0.3) is 0 Å². The average molecular weight is 1470 g/mol. The van der Waals surface area contributed by atoms with Crippen LogP contribution in [-0.4, -0.2) is 13.9 Å². The fourth-order valence-corrected chi connectivity index (χ4v) is 16.5. The van der Waals surface area contributed by atoms with Gasteiger partial charge in [0.1, 0.15) is 27.9 Å². The van der Waals surface area contributed by atoms with E-state index in [1.807, 2.05) is 12.1 Å². The van der Waals surface area contributed by atoms with Crippen LogP contribution < -0.4 is 9.08 Å². The van der Waals surface area contributed by atoms with Gasteiger partial charge in [0.05, 0.1) is 0 Å². The normalized spacial score (nSPS) is 12.8. The third kappa shape index (κ3) is 10.8. The van der Waals surface area contributed by atoms with Crippen molar-refractivity contribution in [2.45, 2.75) is 24.8 Å². The lowest BCUT2D eigenvalue weighted by atomic mass is 9.82. The van der Waals surface area contributed by atoms with E-state index in [2.05, 4.69) is 318 Å². The van der Waals surface area contributed by atoms with E-state index >= 15 is 0 Å². The number of alkyl halides is 3. The summed E-state index contributed by atoms with van der Waals surface area (Å²) in [5, 5.41) is 12.6. The van der Waals surface area contributed by atoms with Gasteiger partial charge < -0.3 is 22.3 Å². The Morgan fingerprint density at radius 1 is 0.330 bits per heavy atom. The number of anilines is 3. The maximum Gasteiger partial charge on any atom is 0.534 e. The van der Waals surface area contributed by atoms with Gasteiger partial charge in [0.2, 0.25) is 0 Å². The number of benzene rings is 17. The zero-order chi connectivity index (χ0) is 71.7. The highest BCUT2D eigenvalue weighted by molar-refractivity contribution is 9.10. The van der Waals surface area contributed by atoms with Crippen molar-refractivity contribution >= 4 is 141 Å². The molecule has 0 unspecified atom stereocenters. The van der Waals surface area contributed by atoms with Gasteiger partial charge >= 0.3 is 15.6 Å². The lowest BCUT2D eigenvalue weighted by Crippen LogP contribution is -2.28. The Balaban J connectivity index is 0.000000125. The van der Waals surface area contributed by atoms with Gasteiger partial charge in [0.15, 0.2) is 11.3 Å². The molecule has 0 atom stereocenters. The molecule has 0 saturated heterocycles. The van der Waals surface area contributed by atoms with Crippen LogP contribution >= 0.6 is 15.9 Å². The van der Waals surface area contributed by atoms with E-state index < -0.39 is 21.4 Å². The van der Waals surface area contributed by atoms with Crippen molar-refractivity contribution in [1.82, 2.24) is 0 Å². The molecule has 1 aliphatic carbocycles. The molecule has 12 heteroatoms. The van der Waals surface area contributed by atoms with Crippen LogP contribution in [0.3, 0.4) is 0 Å². The molecule has 0 amide bonds. The fraction of sp³-hybridized carbons (Fsp3) is 0.0426. The first-order valence-electron chi connectivity index (χ1n) is 34.8. The van der Waals surface area contributed by atoms with Crippen LogP contribution in [0.1, 0.15) is 25.0 Å². The van der Waals surface area contributed by atoms with Crippen LogP contribution in [0.15, 0.2) is 339 Å². The number of furan rings is 3. The maximum absolute atomic E-state index is 12.5. The predicted octanol–water partition coefficient (Wildman–Crippen LogP) is 27.6. The number of nitrogens with zero attached hydrogens (tertiary/aromatic N) is 1. The molecule has 7 nitrogen and oxygen atoms in total. The highest BCUT2D eigenvalue weighted by Crippen LogP contribution is 2.52. The summed E-state index contributed by atoms with van der Waals surface area (Å²) in [6.07, 6.45) is 0. The lowest BCUT2D eigenvalue weighted by molar-refractivity contribution is -0.0499. The molecular weight excluding hydrogens is 1410 g/mol. The Morgan fingerprint density at radius 3 is 1.15 bits per heavy atom. The molecule has 0 fully saturated rings. The summed E-state index contributed by atoms with van der Waals surface area (Å²) in [7, 11) is -5.76. The van der Waals surface area contributed by atoms with E-state index in [0.717, 1.165) is 77.4 Å². The zero-order valence-corrected chi connectivity index (χ0v) is 59.3. The van der Waals surface area contributed by atoms with Crippen molar-refractivity contribution < 1.29 is 39.0 Å². The van der Waals surface area contributed by atoms with Gasteiger partial charge in [-0.25, -0.2) is 0 Å². The van der Waals surface area contributed by atoms with E-state index in [1.165, 1.54) is 110 Å². The van der Waals surface area contributed by atoms with Gasteiger partial charge in [-0.3, -0.25) is 0 Å². The van der Waals surface area contributed by atoms with E-state index in [1.54, 1.807) is 18.2 Å². The van der Waals surface area contributed by atoms with Crippen molar-refractivity contribution in [1.29, 1.82) is 0 Å². The molecule has 0 bridgehead atoms. The quantitative estimate of drug-likeness (QED) is 0.0766. The molecule has 3 heterocycles. The summed E-state index contributed by atoms with van der Waals surface area (Å²) in [5.74, 6) is -0.487. The van der Waals surface area contributed by atoms with Crippen LogP contribution in [0.5, 0.6) is 5.75 Å². The van der Waals surface area contributed by atoms with Crippen LogP contribution in [-0.2, 0) is 15.5 Å². The SMILES string of the molecule is Brc1ccc(-c2ccc(-c3ccc4ccc5cccc6oc3c4c56)cc2)cc1.CC1(C)c2ccccc2-c2ccc(N(c3ccc(-c4ccccc4)cc3)c3ccc(-c4ccc(-c5ccc6ccc7cccc8oc5c6c78)cc4)cc3)cc21.O=S(=O)(Oc1ccc2ccc3cccc4oc1c2c34)C(F)(F)F. The van der Waals surface area contributed by atoms with Gasteiger partial charge in [-0.2, -0.15) is 21.6 Å². The van der Waals surface area contributed by atoms with Crippen molar-refractivity contribution in [3.8, 4) is 72.5 Å². The van der Waals surface area contributed by atoms with E-state index in [9.17, 15) is 21.6 Å². The van der Waals surface area contributed by atoms with Crippen molar-refractivity contribution in [2.75, 3.05) is 4.90 Å². The Morgan fingerprint density at radius 2 is 0.679 bits per heavy atom. The van der Waals surface area contributed by atoms with Crippen LogP contribution in [0.4, 0.5) is 30.2 Å². The topological polar surface area (TPSA) is 86.0 Å². The highest BCUT2D eigenvalue weighted by Gasteiger charge is 2.49. The Bertz CT molecular complexity index is 6870. The van der Waals surface area contributed by atoms with Gasteiger partial charge in [-0.05, 0) is 184 Å². The molecule has 20 aromatic rings. The third-order valence-corrected chi connectivity index (χ3v) is 22.5. The second-order valence-electron chi connectivity index (χ2n) is 27.5.